The number of nitrogens with one attached hydrogen (secondary N) is 2. The molecule has 0 rings (SSSR count). The lowest BCUT2D eigenvalue weighted by Gasteiger charge is -2.23. The predicted octanol–water partition coefficient (Wildman–Crippen LogP) is 2.16. The molecule has 19 heavy (non-hydrogen) atoms. The summed E-state index contributed by atoms with van der Waals surface area (Å²) >= 11 is 0. The van der Waals surface area contributed by atoms with E-state index in [0.29, 0.717) is 31.7 Å². The van der Waals surface area contributed by atoms with Crippen LogP contribution in [-0.2, 0) is 9.47 Å². The minimum Gasteiger partial charge on any atom is -0.444 e. The van der Waals surface area contributed by atoms with Crippen LogP contribution in [-0.4, -0.2) is 44.0 Å². The molecule has 0 aromatic carbocycles. The summed E-state index contributed by atoms with van der Waals surface area (Å²) in [4.78, 5) is 11.4. The molecule has 0 heterocycles. The Balaban J connectivity index is 3.79. The topological polar surface area (TPSA) is 59.6 Å². The Morgan fingerprint density at radius 1 is 1.21 bits per heavy atom. The number of carbonyl (C=O) groups excluding carboxylic acids is 1. The highest BCUT2D eigenvalue weighted by molar-refractivity contribution is 5.67. The zero-order chi connectivity index (χ0) is 14.9. The van der Waals surface area contributed by atoms with Crippen LogP contribution in [0.5, 0.6) is 0 Å². The molecule has 2 N–H and O–H groups in total. The molecule has 0 saturated carbocycles. The van der Waals surface area contributed by atoms with Crippen molar-refractivity contribution in [2.75, 3.05) is 26.3 Å². The molecule has 1 amide bonds. The van der Waals surface area contributed by atoms with Gasteiger partial charge in [-0.05, 0) is 33.6 Å². The number of rotatable bonds is 8. The fourth-order valence-electron chi connectivity index (χ4n) is 1.47. The zero-order valence-electron chi connectivity index (χ0n) is 13.2. The predicted molar refractivity (Wildman–Crippen MR) is 77.4 cm³/mol. The molecule has 114 valence electrons. The molecule has 0 spiro atoms. The fraction of sp³-hybridized carbons (Fsp3) is 0.929. The molecule has 0 aromatic heterocycles. The van der Waals surface area contributed by atoms with Gasteiger partial charge in [-0.1, -0.05) is 13.8 Å². The summed E-state index contributed by atoms with van der Waals surface area (Å²) in [5.41, 5.74) is -0.451. The number of hydrogen-bond acceptors (Lipinski definition) is 4. The summed E-state index contributed by atoms with van der Waals surface area (Å²) in [6.07, 6.45) is -0.375. The van der Waals surface area contributed by atoms with Crippen LogP contribution in [0.4, 0.5) is 4.79 Å². The Kier molecular flexibility index (Phi) is 8.76. The van der Waals surface area contributed by atoms with Crippen molar-refractivity contribution in [3.63, 3.8) is 0 Å². The number of alkyl carbamates (subject to hydrolysis) is 1. The number of ether oxygens (including phenoxy) is 2. The monoisotopic (exact) mass is 274 g/mol. The van der Waals surface area contributed by atoms with Gasteiger partial charge in [-0.25, -0.2) is 4.79 Å². The van der Waals surface area contributed by atoms with E-state index in [9.17, 15) is 4.79 Å². The third kappa shape index (κ3) is 10.8. The van der Waals surface area contributed by atoms with Gasteiger partial charge in [-0.15, -0.1) is 0 Å². The first-order valence-electron chi connectivity index (χ1n) is 7.04. The third-order valence-corrected chi connectivity index (χ3v) is 2.51. The van der Waals surface area contributed by atoms with E-state index < -0.39 is 5.60 Å². The number of carbonyl (C=O) groups is 1. The highest BCUT2D eigenvalue weighted by atomic mass is 16.6. The molecule has 1 unspecified atom stereocenters. The molecular formula is C14H30N2O3. The molecule has 0 aliphatic heterocycles. The second kappa shape index (κ2) is 9.15. The summed E-state index contributed by atoms with van der Waals surface area (Å²) in [6.45, 7) is 14.5. The van der Waals surface area contributed by atoms with Crippen molar-refractivity contribution in [1.29, 1.82) is 0 Å². The lowest BCUT2D eigenvalue weighted by molar-refractivity contribution is 0.0526. The summed E-state index contributed by atoms with van der Waals surface area (Å²) in [7, 11) is 0. The Morgan fingerprint density at radius 3 is 2.32 bits per heavy atom. The Hall–Kier alpha value is -0.810. The molecule has 0 aliphatic carbocycles. The van der Waals surface area contributed by atoms with Gasteiger partial charge in [0, 0.05) is 25.7 Å². The molecule has 1 atom stereocenters. The van der Waals surface area contributed by atoms with Crippen LogP contribution < -0.4 is 10.6 Å². The lowest BCUT2D eigenvalue weighted by Crippen LogP contribution is -2.43. The van der Waals surface area contributed by atoms with Crippen molar-refractivity contribution >= 4 is 6.09 Å². The highest BCUT2D eigenvalue weighted by Crippen LogP contribution is 2.06. The van der Waals surface area contributed by atoms with Crippen molar-refractivity contribution in [2.45, 2.75) is 53.2 Å². The van der Waals surface area contributed by atoms with Crippen LogP contribution >= 0.6 is 0 Å². The number of amides is 1. The maximum absolute atomic E-state index is 11.4. The van der Waals surface area contributed by atoms with Gasteiger partial charge in [0.15, 0.2) is 0 Å². The van der Waals surface area contributed by atoms with Crippen molar-refractivity contribution in [3.05, 3.63) is 0 Å². The largest absolute Gasteiger partial charge is 0.444 e. The van der Waals surface area contributed by atoms with Gasteiger partial charge in [0.25, 0.3) is 0 Å². The second-order valence-electron chi connectivity index (χ2n) is 5.89. The smallest absolute Gasteiger partial charge is 0.407 e. The molecule has 0 aliphatic rings. The van der Waals surface area contributed by atoms with E-state index in [2.05, 4.69) is 24.5 Å². The van der Waals surface area contributed by atoms with Gasteiger partial charge in [0.05, 0.1) is 6.61 Å². The average molecular weight is 274 g/mol. The van der Waals surface area contributed by atoms with Gasteiger partial charge < -0.3 is 20.1 Å². The van der Waals surface area contributed by atoms with Gasteiger partial charge in [0.1, 0.15) is 5.60 Å². The van der Waals surface area contributed by atoms with Gasteiger partial charge in [-0.2, -0.15) is 0 Å². The highest BCUT2D eigenvalue weighted by Gasteiger charge is 2.16. The molecule has 0 aromatic rings. The van der Waals surface area contributed by atoms with Crippen LogP contribution in [0.25, 0.3) is 0 Å². The molecule has 0 saturated heterocycles. The fourth-order valence-corrected chi connectivity index (χ4v) is 1.47. The number of hydrogen-bond donors (Lipinski definition) is 2. The van der Waals surface area contributed by atoms with E-state index in [1.54, 1.807) is 0 Å². The van der Waals surface area contributed by atoms with Gasteiger partial charge in [-0.3, -0.25) is 0 Å². The lowest BCUT2D eigenvalue weighted by atomic mass is 10.1. The molecule has 5 nitrogen and oxygen atoms in total. The quantitative estimate of drug-likeness (QED) is 0.666. The van der Waals surface area contributed by atoms with Crippen LogP contribution in [0.2, 0.25) is 0 Å². The van der Waals surface area contributed by atoms with E-state index in [4.69, 9.17) is 9.47 Å². The van der Waals surface area contributed by atoms with Crippen LogP contribution in [0.1, 0.15) is 41.5 Å². The van der Waals surface area contributed by atoms with Crippen molar-refractivity contribution in [3.8, 4) is 0 Å². The van der Waals surface area contributed by atoms with E-state index in [1.165, 1.54) is 0 Å². The van der Waals surface area contributed by atoms with E-state index in [-0.39, 0.29) is 6.09 Å². The molecular weight excluding hydrogens is 244 g/mol. The van der Waals surface area contributed by atoms with Crippen LogP contribution in [0, 0.1) is 5.92 Å². The summed E-state index contributed by atoms with van der Waals surface area (Å²) in [5.74, 6) is 0.494. The minimum atomic E-state index is -0.451. The first-order valence-corrected chi connectivity index (χ1v) is 7.04. The van der Waals surface area contributed by atoms with Crippen LogP contribution in [0.3, 0.4) is 0 Å². The Morgan fingerprint density at radius 2 is 1.84 bits per heavy atom. The van der Waals surface area contributed by atoms with E-state index in [1.807, 2.05) is 27.7 Å². The van der Waals surface area contributed by atoms with Crippen molar-refractivity contribution < 1.29 is 14.3 Å². The third-order valence-electron chi connectivity index (χ3n) is 2.51. The van der Waals surface area contributed by atoms with E-state index in [0.717, 1.165) is 6.61 Å². The Bertz CT molecular complexity index is 250. The van der Waals surface area contributed by atoms with Crippen molar-refractivity contribution in [1.82, 2.24) is 10.6 Å². The molecule has 0 fully saturated rings. The Labute approximate surface area is 117 Å². The van der Waals surface area contributed by atoms with E-state index >= 15 is 0 Å². The summed E-state index contributed by atoms with van der Waals surface area (Å²) in [5, 5.41) is 6.10. The molecule has 0 radical (unpaired) electrons. The first kappa shape index (κ1) is 18.2. The zero-order valence-corrected chi connectivity index (χ0v) is 13.2. The SMILES string of the molecule is CCOCC(NCCNC(=O)OC(C)(C)C)C(C)C. The van der Waals surface area contributed by atoms with Crippen LogP contribution in [0.15, 0.2) is 0 Å². The second-order valence-corrected chi connectivity index (χ2v) is 5.89. The molecule has 0 bridgehead atoms. The first-order chi connectivity index (χ1) is 8.76. The minimum absolute atomic E-state index is 0.306. The molecule has 5 heteroatoms. The maximum Gasteiger partial charge on any atom is 0.407 e. The van der Waals surface area contributed by atoms with Crippen molar-refractivity contribution in [2.24, 2.45) is 5.92 Å². The standard InChI is InChI=1S/C14H30N2O3/c1-7-18-10-12(11(2)3)15-8-9-16-13(17)19-14(4,5)6/h11-12,15H,7-10H2,1-6H3,(H,16,17). The average Bonchev–Trinajstić information content (AvgIpc) is 2.25. The van der Waals surface area contributed by atoms with Gasteiger partial charge in [0.2, 0.25) is 0 Å². The summed E-state index contributed by atoms with van der Waals surface area (Å²) in [6, 6.07) is 0.306. The maximum atomic E-state index is 11.4. The van der Waals surface area contributed by atoms with Gasteiger partial charge >= 0.3 is 6.09 Å². The summed E-state index contributed by atoms with van der Waals surface area (Å²) < 4.78 is 10.6. The normalized spacial score (nSPS) is 13.4.